The Hall–Kier alpha value is -2.22. The average Bonchev–Trinajstić information content (AvgIpc) is 2.64. The van der Waals surface area contributed by atoms with Gasteiger partial charge >= 0.3 is 17.9 Å². The van der Waals surface area contributed by atoms with Gasteiger partial charge in [0.15, 0.2) is 11.9 Å². The van der Waals surface area contributed by atoms with Crippen molar-refractivity contribution in [1.82, 2.24) is 0 Å². The lowest BCUT2D eigenvalue weighted by Gasteiger charge is -2.19. The summed E-state index contributed by atoms with van der Waals surface area (Å²) < 4.78 is 10.2. The van der Waals surface area contributed by atoms with E-state index in [9.17, 15) is 24.3 Å². The normalized spacial score (nSPS) is 26.9. The minimum atomic E-state index is -1.12. The van der Waals surface area contributed by atoms with Gasteiger partial charge in [-0.25, -0.2) is 4.79 Å². The molecule has 1 aliphatic rings. The van der Waals surface area contributed by atoms with E-state index in [1.165, 1.54) is 0 Å². The van der Waals surface area contributed by atoms with Crippen LogP contribution >= 0.6 is 0 Å². The molecule has 1 aliphatic heterocycles. The van der Waals surface area contributed by atoms with E-state index >= 15 is 0 Å². The molecule has 0 aromatic heterocycles. The Kier molecular flexibility index (Phi) is 11.1. The molecule has 8 heteroatoms. The number of ether oxygens (including phenoxy) is 2. The molecule has 0 fully saturated rings. The molecule has 0 aromatic rings. The van der Waals surface area contributed by atoms with E-state index in [1.807, 2.05) is 0 Å². The van der Waals surface area contributed by atoms with Gasteiger partial charge in [0.1, 0.15) is 6.10 Å². The van der Waals surface area contributed by atoms with Gasteiger partial charge in [-0.2, -0.15) is 0 Å². The third-order valence-electron chi connectivity index (χ3n) is 4.58. The van der Waals surface area contributed by atoms with Crippen molar-refractivity contribution in [3.63, 3.8) is 0 Å². The van der Waals surface area contributed by atoms with E-state index in [0.29, 0.717) is 19.3 Å². The van der Waals surface area contributed by atoms with Crippen molar-refractivity contribution in [3.05, 3.63) is 12.2 Å². The van der Waals surface area contributed by atoms with Gasteiger partial charge < -0.3 is 19.7 Å². The molecule has 1 heterocycles. The quantitative estimate of drug-likeness (QED) is 0.691. The lowest BCUT2D eigenvalue weighted by Crippen LogP contribution is -2.29. The van der Waals surface area contributed by atoms with Gasteiger partial charge in [-0.05, 0) is 32.3 Å². The first kappa shape index (κ1) is 23.8. The first-order chi connectivity index (χ1) is 13.3. The van der Waals surface area contributed by atoms with E-state index in [-0.39, 0.29) is 12.8 Å². The Bertz CT molecular complexity index is 569. The van der Waals surface area contributed by atoms with Crippen LogP contribution in [0.15, 0.2) is 12.2 Å². The number of aliphatic hydroxyl groups is 1. The van der Waals surface area contributed by atoms with Crippen LogP contribution < -0.4 is 0 Å². The molecule has 8 nitrogen and oxygen atoms in total. The maximum Gasteiger partial charge on any atom is 0.331 e. The number of carboxylic acids is 1. The summed E-state index contributed by atoms with van der Waals surface area (Å²) in [4.78, 5) is 46.5. The highest BCUT2D eigenvalue weighted by atomic mass is 16.6. The molecule has 0 saturated carbocycles. The summed E-state index contributed by atoms with van der Waals surface area (Å²) in [7, 11) is 0. The number of aliphatic carboxylic acids is 1. The Morgan fingerprint density at radius 2 is 1.64 bits per heavy atom. The van der Waals surface area contributed by atoms with E-state index in [2.05, 4.69) is 0 Å². The molecule has 28 heavy (non-hydrogen) atoms. The first-order valence-corrected chi connectivity index (χ1v) is 9.81. The smallest absolute Gasteiger partial charge is 0.331 e. The van der Waals surface area contributed by atoms with Crippen LogP contribution in [0.5, 0.6) is 0 Å². The molecule has 0 aliphatic carbocycles. The third kappa shape index (κ3) is 10.2. The van der Waals surface area contributed by atoms with Gasteiger partial charge in [-0.15, -0.1) is 0 Å². The zero-order valence-electron chi connectivity index (χ0n) is 16.3. The summed E-state index contributed by atoms with van der Waals surface area (Å²) in [6, 6.07) is 0. The van der Waals surface area contributed by atoms with Crippen LogP contribution in [0.25, 0.3) is 0 Å². The summed E-state index contributed by atoms with van der Waals surface area (Å²) in [6.45, 7) is 1.59. The minimum absolute atomic E-state index is 0.312. The van der Waals surface area contributed by atoms with Crippen molar-refractivity contribution in [1.29, 1.82) is 0 Å². The fourth-order valence-electron chi connectivity index (χ4n) is 2.87. The molecule has 0 aromatic carbocycles. The number of carbonyl (C=O) groups excluding carboxylic acids is 3. The summed E-state index contributed by atoms with van der Waals surface area (Å²) in [6.07, 6.45) is 4.88. The lowest BCUT2D eigenvalue weighted by molar-refractivity contribution is -0.155. The number of hydrogen-bond acceptors (Lipinski definition) is 7. The fraction of sp³-hybridized carbons (Fsp3) is 0.700. The highest BCUT2D eigenvalue weighted by Gasteiger charge is 2.22. The predicted octanol–water partition coefficient (Wildman–Crippen LogP) is 2.32. The monoisotopic (exact) mass is 398 g/mol. The second-order valence-electron chi connectivity index (χ2n) is 7.02. The van der Waals surface area contributed by atoms with E-state index in [1.54, 1.807) is 6.92 Å². The SMILES string of the molecule is C[C@H]1OC(=O)/C=C/C(=O)[C@@H](OC(=O)CCC(=O)O)CCCCCCCC[C@@H]1O. The van der Waals surface area contributed by atoms with Crippen molar-refractivity contribution < 1.29 is 38.9 Å². The molecule has 0 amide bonds. The highest BCUT2D eigenvalue weighted by Crippen LogP contribution is 2.16. The Labute approximate surface area is 164 Å². The summed E-state index contributed by atoms with van der Waals surface area (Å²) in [5.74, 6) is -3.20. The molecular formula is C20H30O8. The van der Waals surface area contributed by atoms with Gasteiger partial charge in [0.2, 0.25) is 0 Å². The Morgan fingerprint density at radius 1 is 1.04 bits per heavy atom. The van der Waals surface area contributed by atoms with Gasteiger partial charge in [-0.1, -0.05) is 32.1 Å². The van der Waals surface area contributed by atoms with Crippen molar-refractivity contribution in [3.8, 4) is 0 Å². The predicted molar refractivity (Wildman–Crippen MR) is 99.4 cm³/mol. The fourth-order valence-corrected chi connectivity index (χ4v) is 2.87. The second kappa shape index (κ2) is 13.0. The van der Waals surface area contributed by atoms with Crippen molar-refractivity contribution in [2.24, 2.45) is 0 Å². The van der Waals surface area contributed by atoms with Crippen molar-refractivity contribution in [2.45, 2.75) is 89.4 Å². The van der Waals surface area contributed by atoms with Crippen LogP contribution in [0.3, 0.4) is 0 Å². The van der Waals surface area contributed by atoms with Crippen LogP contribution in [-0.4, -0.2) is 52.2 Å². The third-order valence-corrected chi connectivity index (χ3v) is 4.58. The van der Waals surface area contributed by atoms with Crippen LogP contribution in [0.2, 0.25) is 0 Å². The zero-order chi connectivity index (χ0) is 20.9. The maximum absolute atomic E-state index is 12.3. The molecular weight excluding hydrogens is 368 g/mol. The minimum Gasteiger partial charge on any atom is -0.481 e. The van der Waals surface area contributed by atoms with Gasteiger partial charge in [0.25, 0.3) is 0 Å². The van der Waals surface area contributed by atoms with Crippen molar-refractivity contribution in [2.75, 3.05) is 0 Å². The molecule has 1 rings (SSSR count). The number of aliphatic hydroxyl groups excluding tert-OH is 1. The number of hydrogen-bond donors (Lipinski definition) is 2. The van der Waals surface area contributed by atoms with Gasteiger partial charge in [-0.3, -0.25) is 14.4 Å². The lowest BCUT2D eigenvalue weighted by atomic mass is 10.0. The maximum atomic E-state index is 12.3. The largest absolute Gasteiger partial charge is 0.481 e. The topological polar surface area (TPSA) is 127 Å². The van der Waals surface area contributed by atoms with E-state index < -0.39 is 42.0 Å². The molecule has 0 unspecified atom stereocenters. The van der Waals surface area contributed by atoms with Gasteiger partial charge in [0, 0.05) is 6.08 Å². The number of rotatable bonds is 4. The van der Waals surface area contributed by atoms with E-state index in [4.69, 9.17) is 14.6 Å². The molecule has 0 radical (unpaired) electrons. The molecule has 2 N–H and O–H groups in total. The second-order valence-corrected chi connectivity index (χ2v) is 7.02. The van der Waals surface area contributed by atoms with Gasteiger partial charge in [0.05, 0.1) is 18.9 Å². The number of esters is 2. The van der Waals surface area contributed by atoms with Crippen LogP contribution in [0.1, 0.15) is 71.1 Å². The number of cyclic esters (lactones) is 1. The molecule has 3 atom stereocenters. The Balaban J connectivity index is 2.75. The molecule has 0 saturated heterocycles. The van der Waals surface area contributed by atoms with Crippen LogP contribution in [-0.2, 0) is 28.7 Å². The molecule has 0 spiro atoms. The summed E-state index contributed by atoms with van der Waals surface area (Å²) in [5.41, 5.74) is 0. The molecule has 0 bridgehead atoms. The standard InChI is InChI=1S/C20H30O8/c1-14-15(21)8-6-4-2-3-5-7-9-17(16(22)10-12-19(25)27-14)28-20(26)13-11-18(23)24/h10,12,14-15,17,21H,2-9,11,13H2,1H3,(H,23,24)/b12-10+/t14-,15+,17+/m1/s1. The number of carbonyl (C=O) groups is 4. The molecule has 158 valence electrons. The first-order valence-electron chi connectivity index (χ1n) is 9.81. The number of ketones is 1. The Morgan fingerprint density at radius 3 is 2.29 bits per heavy atom. The van der Waals surface area contributed by atoms with Crippen molar-refractivity contribution >= 4 is 23.7 Å². The van der Waals surface area contributed by atoms with Crippen LogP contribution in [0, 0.1) is 0 Å². The highest BCUT2D eigenvalue weighted by molar-refractivity contribution is 5.99. The summed E-state index contributed by atoms with van der Waals surface area (Å²) in [5, 5.41) is 18.7. The summed E-state index contributed by atoms with van der Waals surface area (Å²) >= 11 is 0. The van der Waals surface area contributed by atoms with Crippen LogP contribution in [0.4, 0.5) is 0 Å². The average molecular weight is 398 g/mol. The van der Waals surface area contributed by atoms with E-state index in [0.717, 1.165) is 44.3 Å². The zero-order valence-corrected chi connectivity index (χ0v) is 16.3. The number of carboxylic acid groups (broad SMARTS) is 1.